The van der Waals surface area contributed by atoms with E-state index in [1.54, 1.807) is 15.7 Å². The molecule has 1 unspecified atom stereocenters. The Balaban J connectivity index is 1.92. The molecule has 21 heavy (non-hydrogen) atoms. The van der Waals surface area contributed by atoms with E-state index in [1.165, 1.54) is 0 Å². The van der Waals surface area contributed by atoms with Gasteiger partial charge in [-0.2, -0.15) is 20.1 Å². The number of hydrogen-bond donors (Lipinski definition) is 1. The zero-order chi connectivity index (χ0) is 14.7. The van der Waals surface area contributed by atoms with Gasteiger partial charge in [0, 0.05) is 13.2 Å². The van der Waals surface area contributed by atoms with Crippen molar-refractivity contribution in [1.82, 2.24) is 30.1 Å². The van der Waals surface area contributed by atoms with Crippen molar-refractivity contribution in [1.29, 1.82) is 0 Å². The molecule has 0 saturated carbocycles. The summed E-state index contributed by atoms with van der Waals surface area (Å²) >= 11 is 0. The molecule has 3 aromatic rings. The highest BCUT2D eigenvalue weighted by molar-refractivity contribution is 5.29. The molecule has 0 aliphatic heterocycles. The predicted octanol–water partition coefficient (Wildman–Crippen LogP) is 1.70. The fourth-order valence-electron chi connectivity index (χ4n) is 2.24. The van der Waals surface area contributed by atoms with Gasteiger partial charge in [0.05, 0.1) is 23.6 Å². The van der Waals surface area contributed by atoms with Crippen LogP contribution in [0.4, 0.5) is 0 Å². The molecule has 0 fully saturated rings. The van der Waals surface area contributed by atoms with E-state index in [0.29, 0.717) is 0 Å². The van der Waals surface area contributed by atoms with E-state index >= 15 is 0 Å². The number of nitrogens with zero attached hydrogens (tertiary/aromatic N) is 5. The van der Waals surface area contributed by atoms with E-state index in [0.717, 1.165) is 23.6 Å². The Morgan fingerprint density at radius 3 is 2.57 bits per heavy atom. The van der Waals surface area contributed by atoms with Gasteiger partial charge in [-0.25, -0.2) is 0 Å². The Kier molecular flexibility index (Phi) is 3.79. The zero-order valence-corrected chi connectivity index (χ0v) is 12.1. The summed E-state index contributed by atoms with van der Waals surface area (Å²) in [6, 6.07) is 11.8. The molecule has 0 spiro atoms. The minimum Gasteiger partial charge on any atom is -0.304 e. The van der Waals surface area contributed by atoms with Crippen LogP contribution in [0.15, 0.2) is 48.8 Å². The Morgan fingerprint density at radius 1 is 1.10 bits per heavy atom. The van der Waals surface area contributed by atoms with E-state index in [1.807, 2.05) is 49.6 Å². The number of rotatable bonds is 5. The second kappa shape index (κ2) is 5.88. The highest BCUT2D eigenvalue weighted by atomic mass is 15.5. The van der Waals surface area contributed by atoms with E-state index in [2.05, 4.69) is 27.5 Å². The van der Waals surface area contributed by atoms with E-state index in [9.17, 15) is 0 Å². The lowest BCUT2D eigenvalue weighted by Crippen LogP contribution is -2.23. The van der Waals surface area contributed by atoms with Crippen LogP contribution in [0.5, 0.6) is 0 Å². The lowest BCUT2D eigenvalue weighted by molar-refractivity contribution is 0.579. The van der Waals surface area contributed by atoms with E-state index < -0.39 is 0 Å². The maximum Gasteiger partial charge on any atom is 0.106 e. The molecule has 0 saturated heterocycles. The topological polar surface area (TPSA) is 60.6 Å². The average Bonchev–Trinajstić information content (AvgIpc) is 3.15. The predicted molar refractivity (Wildman–Crippen MR) is 80.1 cm³/mol. The van der Waals surface area contributed by atoms with Crippen molar-refractivity contribution in [2.45, 2.75) is 13.0 Å². The highest BCUT2D eigenvalue weighted by Crippen LogP contribution is 2.18. The van der Waals surface area contributed by atoms with Crippen LogP contribution in [0, 0.1) is 0 Å². The van der Waals surface area contributed by atoms with Gasteiger partial charge in [-0.15, -0.1) is 0 Å². The number of nitrogens with one attached hydrogen (secondary N) is 1. The SMILES string of the molecule is CCNC(c1ccn(C)n1)c1cnn(-c2ccccc2)n1. The second-order valence-corrected chi connectivity index (χ2v) is 4.80. The van der Waals surface area contributed by atoms with Crippen molar-refractivity contribution in [3.8, 4) is 5.69 Å². The highest BCUT2D eigenvalue weighted by Gasteiger charge is 2.19. The van der Waals surface area contributed by atoms with Crippen molar-refractivity contribution >= 4 is 0 Å². The largest absolute Gasteiger partial charge is 0.304 e. The van der Waals surface area contributed by atoms with Crippen LogP contribution in [-0.2, 0) is 7.05 Å². The number of aryl methyl sites for hydroxylation is 1. The van der Waals surface area contributed by atoms with Crippen LogP contribution in [0.3, 0.4) is 0 Å². The molecule has 2 aromatic heterocycles. The van der Waals surface area contributed by atoms with Crippen LogP contribution >= 0.6 is 0 Å². The quantitative estimate of drug-likeness (QED) is 0.774. The molecule has 0 aliphatic carbocycles. The zero-order valence-electron chi connectivity index (χ0n) is 12.1. The second-order valence-electron chi connectivity index (χ2n) is 4.80. The van der Waals surface area contributed by atoms with E-state index in [4.69, 9.17) is 0 Å². The molecule has 1 atom stereocenters. The standard InChI is InChI=1S/C15H18N6/c1-3-16-15(13-9-10-20(2)18-13)14-11-17-21(19-14)12-7-5-4-6-8-12/h4-11,15-16H,3H2,1-2H3. The minimum absolute atomic E-state index is 0.0475. The number of aromatic nitrogens is 5. The summed E-state index contributed by atoms with van der Waals surface area (Å²) in [6.45, 7) is 2.90. The summed E-state index contributed by atoms with van der Waals surface area (Å²) in [5, 5.41) is 16.8. The Bertz CT molecular complexity index is 700. The van der Waals surface area contributed by atoms with Crippen LogP contribution in [-0.4, -0.2) is 31.3 Å². The van der Waals surface area contributed by atoms with Gasteiger partial charge in [0.25, 0.3) is 0 Å². The molecule has 0 aliphatic rings. The van der Waals surface area contributed by atoms with Crippen LogP contribution in [0.25, 0.3) is 5.69 Å². The first-order valence-corrected chi connectivity index (χ1v) is 6.98. The van der Waals surface area contributed by atoms with Gasteiger partial charge in [-0.1, -0.05) is 25.1 Å². The lowest BCUT2D eigenvalue weighted by atomic mass is 10.1. The summed E-state index contributed by atoms with van der Waals surface area (Å²) in [6.07, 6.45) is 3.72. The van der Waals surface area contributed by atoms with Crippen LogP contribution in [0.2, 0.25) is 0 Å². The molecule has 6 heteroatoms. The van der Waals surface area contributed by atoms with Gasteiger partial charge in [-0.05, 0) is 24.7 Å². The summed E-state index contributed by atoms with van der Waals surface area (Å²) in [7, 11) is 1.91. The van der Waals surface area contributed by atoms with E-state index in [-0.39, 0.29) is 6.04 Å². The summed E-state index contributed by atoms with van der Waals surface area (Å²) in [5.74, 6) is 0. The van der Waals surface area contributed by atoms with Gasteiger partial charge in [-0.3, -0.25) is 4.68 Å². The molecule has 108 valence electrons. The molecule has 6 nitrogen and oxygen atoms in total. The van der Waals surface area contributed by atoms with Gasteiger partial charge in [0.1, 0.15) is 5.69 Å². The maximum absolute atomic E-state index is 4.58. The van der Waals surface area contributed by atoms with Gasteiger partial charge in [0.2, 0.25) is 0 Å². The van der Waals surface area contributed by atoms with Gasteiger partial charge in [0.15, 0.2) is 0 Å². The van der Waals surface area contributed by atoms with Crippen molar-refractivity contribution in [2.75, 3.05) is 6.54 Å². The first kappa shape index (κ1) is 13.5. The average molecular weight is 282 g/mol. The van der Waals surface area contributed by atoms with Crippen molar-refractivity contribution in [3.63, 3.8) is 0 Å². The maximum atomic E-state index is 4.58. The number of benzene rings is 1. The van der Waals surface area contributed by atoms with Crippen molar-refractivity contribution < 1.29 is 0 Å². The van der Waals surface area contributed by atoms with Crippen molar-refractivity contribution in [2.24, 2.45) is 7.05 Å². The molecule has 0 bridgehead atoms. The summed E-state index contributed by atoms with van der Waals surface area (Å²) in [4.78, 5) is 1.64. The third-order valence-corrected chi connectivity index (χ3v) is 3.23. The normalized spacial score (nSPS) is 12.5. The molecule has 3 rings (SSSR count). The fraction of sp³-hybridized carbons (Fsp3) is 0.267. The molecule has 1 aromatic carbocycles. The van der Waals surface area contributed by atoms with Gasteiger partial charge >= 0.3 is 0 Å². The smallest absolute Gasteiger partial charge is 0.106 e. The molecule has 0 amide bonds. The first-order chi connectivity index (χ1) is 10.3. The molecular weight excluding hydrogens is 264 g/mol. The minimum atomic E-state index is -0.0475. The monoisotopic (exact) mass is 282 g/mol. The number of para-hydroxylation sites is 1. The fourth-order valence-corrected chi connectivity index (χ4v) is 2.24. The molecule has 2 heterocycles. The third kappa shape index (κ3) is 2.85. The third-order valence-electron chi connectivity index (χ3n) is 3.23. The summed E-state index contributed by atoms with van der Waals surface area (Å²) in [5.41, 5.74) is 2.75. The van der Waals surface area contributed by atoms with Crippen molar-refractivity contribution in [3.05, 3.63) is 60.2 Å². The Hall–Kier alpha value is -2.47. The van der Waals surface area contributed by atoms with Crippen LogP contribution in [0.1, 0.15) is 24.4 Å². The molecular formula is C15H18N6. The Morgan fingerprint density at radius 2 is 1.90 bits per heavy atom. The molecule has 1 N–H and O–H groups in total. The van der Waals surface area contributed by atoms with Crippen LogP contribution < -0.4 is 5.32 Å². The first-order valence-electron chi connectivity index (χ1n) is 6.98. The molecule has 0 radical (unpaired) electrons. The lowest BCUT2D eigenvalue weighted by Gasteiger charge is -2.12. The number of hydrogen-bond acceptors (Lipinski definition) is 4. The Labute approximate surface area is 123 Å². The summed E-state index contributed by atoms with van der Waals surface area (Å²) < 4.78 is 1.79. The van der Waals surface area contributed by atoms with Gasteiger partial charge < -0.3 is 5.32 Å².